The fraction of sp³-hybridized carbons (Fsp3) is 0. The van der Waals surface area contributed by atoms with E-state index in [2.05, 4.69) is 32.6 Å². The van der Waals surface area contributed by atoms with E-state index in [0.29, 0.717) is 5.15 Å². The summed E-state index contributed by atoms with van der Waals surface area (Å²) in [5.41, 5.74) is 0. The van der Waals surface area contributed by atoms with E-state index in [9.17, 15) is 0 Å². The molecule has 5 heteroatoms. The minimum Gasteiger partial charge on any atom is -0.290 e. The molecular weight excluding hydrogens is 300 g/mol. The van der Waals surface area contributed by atoms with Gasteiger partial charge in [0.05, 0.1) is 0 Å². The summed E-state index contributed by atoms with van der Waals surface area (Å²) in [6, 6.07) is 3.75. The maximum Gasteiger partial charge on any atom is 0.140 e. The number of nitrogens with zero attached hydrogens (tertiary/aromatic N) is 3. The molecule has 0 aliphatic rings. The van der Waals surface area contributed by atoms with Gasteiger partial charge in [-0.1, -0.05) is 11.6 Å². The predicted molar refractivity (Wildman–Crippen MR) is 59.1 cm³/mol. The summed E-state index contributed by atoms with van der Waals surface area (Å²) in [5, 5.41) is 0.496. The summed E-state index contributed by atoms with van der Waals surface area (Å²) in [4.78, 5) is 8.10. The summed E-state index contributed by atoms with van der Waals surface area (Å²) in [6.07, 6.45) is 5.22. The molecule has 2 heterocycles. The summed E-state index contributed by atoms with van der Waals surface area (Å²) >= 11 is 8.02. The number of halogens is 2. The molecular formula is C8H5ClIN3. The molecule has 0 fully saturated rings. The summed E-state index contributed by atoms with van der Waals surface area (Å²) in [7, 11) is 0. The van der Waals surface area contributed by atoms with Crippen molar-refractivity contribution in [3.63, 3.8) is 0 Å². The van der Waals surface area contributed by atoms with E-state index in [1.807, 2.05) is 22.9 Å². The third-order valence-corrected chi connectivity index (χ3v) is 2.33. The standard InChI is InChI=1S/C8H5ClIN3/c9-7-3-6(10)4-8(12-7)13-2-1-11-5-13/h1-5H. The molecule has 0 saturated heterocycles. The monoisotopic (exact) mass is 305 g/mol. The second-order valence-electron chi connectivity index (χ2n) is 2.44. The van der Waals surface area contributed by atoms with Gasteiger partial charge in [-0.2, -0.15) is 0 Å². The van der Waals surface area contributed by atoms with Crippen LogP contribution in [0.15, 0.2) is 30.9 Å². The number of imidazole rings is 1. The van der Waals surface area contributed by atoms with Gasteiger partial charge in [0.15, 0.2) is 0 Å². The van der Waals surface area contributed by atoms with E-state index in [1.165, 1.54) is 0 Å². The van der Waals surface area contributed by atoms with E-state index in [1.54, 1.807) is 12.5 Å². The first-order valence-corrected chi connectivity index (χ1v) is 5.03. The average molecular weight is 306 g/mol. The topological polar surface area (TPSA) is 30.7 Å². The van der Waals surface area contributed by atoms with E-state index in [4.69, 9.17) is 11.6 Å². The van der Waals surface area contributed by atoms with Crippen molar-refractivity contribution in [3.05, 3.63) is 39.6 Å². The van der Waals surface area contributed by atoms with Gasteiger partial charge in [-0.3, -0.25) is 4.57 Å². The zero-order chi connectivity index (χ0) is 9.26. The Kier molecular flexibility index (Phi) is 2.50. The zero-order valence-corrected chi connectivity index (χ0v) is 9.40. The Hall–Kier alpha value is -0.620. The van der Waals surface area contributed by atoms with Gasteiger partial charge in [0.25, 0.3) is 0 Å². The number of pyridine rings is 1. The fourth-order valence-corrected chi connectivity index (χ4v) is 1.94. The molecule has 0 unspecified atom stereocenters. The fourth-order valence-electron chi connectivity index (χ4n) is 0.980. The van der Waals surface area contributed by atoms with Crippen LogP contribution in [0.3, 0.4) is 0 Å². The molecule has 0 aromatic carbocycles. The van der Waals surface area contributed by atoms with Crippen LogP contribution in [0.2, 0.25) is 5.15 Å². The molecule has 0 aliphatic heterocycles. The SMILES string of the molecule is Clc1cc(I)cc(-n2ccnc2)n1. The van der Waals surface area contributed by atoms with Gasteiger partial charge >= 0.3 is 0 Å². The second kappa shape index (κ2) is 3.63. The molecule has 0 N–H and O–H groups in total. The summed E-state index contributed by atoms with van der Waals surface area (Å²) < 4.78 is 2.87. The molecule has 0 amide bonds. The highest BCUT2D eigenvalue weighted by molar-refractivity contribution is 14.1. The van der Waals surface area contributed by atoms with E-state index >= 15 is 0 Å². The highest BCUT2D eigenvalue weighted by atomic mass is 127. The number of hydrogen-bond donors (Lipinski definition) is 0. The zero-order valence-electron chi connectivity index (χ0n) is 6.48. The van der Waals surface area contributed by atoms with Crippen molar-refractivity contribution < 1.29 is 0 Å². The second-order valence-corrected chi connectivity index (χ2v) is 4.07. The van der Waals surface area contributed by atoms with Crippen molar-refractivity contribution in [1.82, 2.24) is 14.5 Å². The van der Waals surface area contributed by atoms with Crippen molar-refractivity contribution in [2.75, 3.05) is 0 Å². The van der Waals surface area contributed by atoms with E-state index < -0.39 is 0 Å². The molecule has 0 aliphatic carbocycles. The number of hydrogen-bond acceptors (Lipinski definition) is 2. The lowest BCUT2D eigenvalue weighted by atomic mass is 10.4. The Morgan fingerprint density at radius 3 is 2.85 bits per heavy atom. The molecule has 0 saturated carbocycles. The van der Waals surface area contributed by atoms with Gasteiger partial charge in [-0.25, -0.2) is 9.97 Å². The third kappa shape index (κ3) is 2.00. The minimum absolute atomic E-state index is 0.496. The lowest BCUT2D eigenvalue weighted by Gasteiger charge is -2.01. The maximum atomic E-state index is 5.82. The van der Waals surface area contributed by atoms with Crippen LogP contribution in [0.25, 0.3) is 5.82 Å². The minimum atomic E-state index is 0.496. The molecule has 2 aromatic rings. The van der Waals surface area contributed by atoms with Crippen LogP contribution in [0.5, 0.6) is 0 Å². The molecule has 0 bridgehead atoms. The highest BCUT2D eigenvalue weighted by Crippen LogP contribution is 2.15. The summed E-state index contributed by atoms with van der Waals surface area (Å²) in [5.74, 6) is 0.786. The van der Waals surface area contributed by atoms with E-state index in [-0.39, 0.29) is 0 Å². The number of aromatic nitrogens is 3. The van der Waals surface area contributed by atoms with Crippen molar-refractivity contribution in [3.8, 4) is 5.82 Å². The lowest BCUT2D eigenvalue weighted by molar-refractivity contribution is 0.991. The van der Waals surface area contributed by atoms with Crippen LogP contribution >= 0.6 is 34.2 Å². The first-order chi connectivity index (χ1) is 6.25. The Morgan fingerprint density at radius 2 is 2.23 bits per heavy atom. The lowest BCUT2D eigenvalue weighted by Crippen LogP contribution is -1.94. The van der Waals surface area contributed by atoms with Gasteiger partial charge in [0, 0.05) is 16.0 Å². The first-order valence-electron chi connectivity index (χ1n) is 3.57. The van der Waals surface area contributed by atoms with Gasteiger partial charge in [-0.05, 0) is 34.7 Å². The van der Waals surface area contributed by atoms with Gasteiger partial charge < -0.3 is 0 Å². The van der Waals surface area contributed by atoms with Crippen molar-refractivity contribution in [2.45, 2.75) is 0 Å². The normalized spacial score (nSPS) is 10.3. The van der Waals surface area contributed by atoms with Crippen molar-refractivity contribution >= 4 is 34.2 Å². The molecule has 0 radical (unpaired) electrons. The highest BCUT2D eigenvalue weighted by Gasteiger charge is 2.00. The Morgan fingerprint density at radius 1 is 1.38 bits per heavy atom. The quantitative estimate of drug-likeness (QED) is 0.599. The maximum absolute atomic E-state index is 5.82. The molecule has 2 rings (SSSR count). The van der Waals surface area contributed by atoms with Crippen LogP contribution < -0.4 is 0 Å². The average Bonchev–Trinajstić information content (AvgIpc) is 2.53. The Bertz CT molecular complexity index is 393. The van der Waals surface area contributed by atoms with Crippen molar-refractivity contribution in [2.24, 2.45) is 0 Å². The molecule has 0 atom stereocenters. The predicted octanol–water partition coefficient (Wildman–Crippen LogP) is 2.53. The largest absolute Gasteiger partial charge is 0.290 e. The Labute approximate surface area is 93.9 Å². The van der Waals surface area contributed by atoms with Crippen LogP contribution in [-0.4, -0.2) is 14.5 Å². The van der Waals surface area contributed by atoms with Gasteiger partial charge in [-0.15, -0.1) is 0 Å². The molecule has 0 spiro atoms. The molecule has 2 aromatic heterocycles. The molecule has 3 nitrogen and oxygen atoms in total. The summed E-state index contributed by atoms with van der Waals surface area (Å²) in [6.45, 7) is 0. The van der Waals surface area contributed by atoms with Crippen LogP contribution in [-0.2, 0) is 0 Å². The van der Waals surface area contributed by atoms with Crippen molar-refractivity contribution in [1.29, 1.82) is 0 Å². The van der Waals surface area contributed by atoms with Gasteiger partial charge in [0.1, 0.15) is 17.3 Å². The third-order valence-electron chi connectivity index (χ3n) is 1.51. The van der Waals surface area contributed by atoms with Crippen LogP contribution in [0.1, 0.15) is 0 Å². The Balaban J connectivity index is 2.53. The number of rotatable bonds is 1. The molecule has 13 heavy (non-hydrogen) atoms. The van der Waals surface area contributed by atoms with Gasteiger partial charge in [0.2, 0.25) is 0 Å². The van der Waals surface area contributed by atoms with Crippen LogP contribution in [0, 0.1) is 3.57 Å². The van der Waals surface area contributed by atoms with E-state index in [0.717, 1.165) is 9.39 Å². The first kappa shape index (κ1) is 8.96. The van der Waals surface area contributed by atoms with Crippen LogP contribution in [0.4, 0.5) is 0 Å². The smallest absolute Gasteiger partial charge is 0.140 e. The molecule has 66 valence electrons.